The summed E-state index contributed by atoms with van der Waals surface area (Å²) in [6, 6.07) is 1.18. The van der Waals surface area contributed by atoms with Gasteiger partial charge in [-0.25, -0.2) is 16.8 Å². The van der Waals surface area contributed by atoms with Crippen LogP contribution in [-0.4, -0.2) is 39.6 Å². The van der Waals surface area contributed by atoms with Crippen LogP contribution in [0.2, 0.25) is 0 Å². The smallest absolute Gasteiger partial charge is 0.215 e. The molecule has 0 aromatic rings. The Balaban J connectivity index is 2.68. The Hall–Kier alpha value is -0.650. The molecule has 1 rings (SSSR count). The fourth-order valence-corrected chi connectivity index (χ4v) is 5.32. The van der Waals surface area contributed by atoms with Gasteiger partial charge in [-0.15, -0.1) is 0 Å². The van der Waals surface area contributed by atoms with Crippen molar-refractivity contribution < 1.29 is 16.8 Å². The lowest BCUT2D eigenvalue weighted by atomic mass is 10.2. The van der Waals surface area contributed by atoms with E-state index in [2.05, 4.69) is 4.72 Å². The van der Waals surface area contributed by atoms with Crippen LogP contribution in [0.5, 0.6) is 0 Å². The van der Waals surface area contributed by atoms with Gasteiger partial charge in [-0.05, 0) is 19.3 Å². The van der Waals surface area contributed by atoms with Crippen molar-refractivity contribution in [3.63, 3.8) is 0 Å². The molecule has 0 aromatic carbocycles. The Kier molecular flexibility index (Phi) is 5.13. The summed E-state index contributed by atoms with van der Waals surface area (Å²) in [5.74, 6) is -0.187. The molecule has 6 nitrogen and oxygen atoms in total. The summed E-state index contributed by atoms with van der Waals surface area (Å²) >= 11 is 0. The second kappa shape index (κ2) is 5.99. The van der Waals surface area contributed by atoms with Gasteiger partial charge in [0.1, 0.15) is 15.9 Å². The predicted octanol–water partition coefficient (Wildman–Crippen LogP) is 0.175. The number of nitrogens with zero attached hydrogens (tertiary/aromatic N) is 1. The Labute approximate surface area is 108 Å². The zero-order valence-corrected chi connectivity index (χ0v) is 11.9. The van der Waals surface area contributed by atoms with Gasteiger partial charge in [0.15, 0.2) is 0 Å². The van der Waals surface area contributed by atoms with E-state index in [-0.39, 0.29) is 24.3 Å². The topological polar surface area (TPSA) is 104 Å². The van der Waals surface area contributed by atoms with Crippen LogP contribution in [0.3, 0.4) is 0 Å². The van der Waals surface area contributed by atoms with Crippen molar-refractivity contribution in [2.75, 3.05) is 11.5 Å². The van der Waals surface area contributed by atoms with E-state index in [9.17, 15) is 16.8 Å². The zero-order valence-electron chi connectivity index (χ0n) is 10.3. The molecule has 0 amide bonds. The van der Waals surface area contributed by atoms with Gasteiger partial charge in [0.25, 0.3) is 0 Å². The van der Waals surface area contributed by atoms with Crippen molar-refractivity contribution in [3.8, 4) is 6.07 Å². The molecule has 8 heteroatoms. The van der Waals surface area contributed by atoms with Crippen molar-refractivity contribution in [1.82, 2.24) is 4.72 Å². The lowest BCUT2D eigenvalue weighted by molar-refractivity contribution is 0.531. The van der Waals surface area contributed by atoms with Crippen molar-refractivity contribution in [2.45, 2.75) is 43.9 Å². The summed E-state index contributed by atoms with van der Waals surface area (Å²) in [6.45, 7) is 1.87. The molecule has 1 saturated heterocycles. The Morgan fingerprint density at radius 3 is 2.39 bits per heavy atom. The molecule has 0 bridgehead atoms. The second-order valence-corrected chi connectivity index (χ2v) is 8.78. The van der Waals surface area contributed by atoms with E-state index < -0.39 is 31.2 Å². The van der Waals surface area contributed by atoms with Gasteiger partial charge in [0, 0.05) is 0 Å². The van der Waals surface area contributed by atoms with E-state index >= 15 is 0 Å². The Morgan fingerprint density at radius 2 is 1.94 bits per heavy atom. The summed E-state index contributed by atoms with van der Waals surface area (Å²) in [6.07, 6.45) is 1.39. The highest BCUT2D eigenvalue weighted by Gasteiger charge is 2.33. The maximum absolute atomic E-state index is 12.0. The quantitative estimate of drug-likeness (QED) is 0.778. The highest BCUT2D eigenvalue weighted by molar-refractivity contribution is 7.92. The number of nitriles is 1. The molecule has 1 heterocycles. The number of hydrogen-bond acceptors (Lipinski definition) is 5. The first-order chi connectivity index (χ1) is 8.30. The number of rotatable bonds is 5. The first-order valence-corrected chi connectivity index (χ1v) is 9.28. The molecule has 1 aliphatic heterocycles. The van der Waals surface area contributed by atoms with Crippen LogP contribution in [0.4, 0.5) is 0 Å². The van der Waals surface area contributed by atoms with Gasteiger partial charge >= 0.3 is 0 Å². The van der Waals surface area contributed by atoms with Crippen molar-refractivity contribution in [2.24, 2.45) is 0 Å². The monoisotopic (exact) mass is 294 g/mol. The molecule has 1 unspecified atom stereocenters. The molecule has 0 radical (unpaired) electrons. The normalized spacial score (nSPS) is 22.2. The van der Waals surface area contributed by atoms with Gasteiger partial charge in [0.2, 0.25) is 10.0 Å². The van der Waals surface area contributed by atoms with Gasteiger partial charge in [-0.3, -0.25) is 0 Å². The average Bonchev–Trinajstić information content (AvgIpc) is 2.27. The summed E-state index contributed by atoms with van der Waals surface area (Å²) in [7, 11) is -6.68. The van der Waals surface area contributed by atoms with Crippen molar-refractivity contribution in [3.05, 3.63) is 0 Å². The molecule has 104 valence electrons. The summed E-state index contributed by atoms with van der Waals surface area (Å²) < 4.78 is 48.8. The lowest BCUT2D eigenvalue weighted by Crippen LogP contribution is -2.43. The van der Waals surface area contributed by atoms with E-state index in [1.807, 2.05) is 13.0 Å². The molecule has 0 aliphatic carbocycles. The van der Waals surface area contributed by atoms with Crippen LogP contribution < -0.4 is 4.72 Å². The standard InChI is InChI=1S/C10H18N2O4S2/c1-2-3-9(8-11)12-18(15,16)10-4-6-17(13,14)7-5-10/h9-10,12H,2-7H2,1H3. The molecular weight excluding hydrogens is 276 g/mol. The predicted molar refractivity (Wildman–Crippen MR) is 68.0 cm³/mol. The van der Waals surface area contributed by atoms with Crippen molar-refractivity contribution >= 4 is 19.9 Å². The van der Waals surface area contributed by atoms with Crippen LogP contribution in [0, 0.1) is 11.3 Å². The maximum Gasteiger partial charge on any atom is 0.215 e. The molecule has 0 aromatic heterocycles. The highest BCUT2D eigenvalue weighted by atomic mass is 32.2. The lowest BCUT2D eigenvalue weighted by Gasteiger charge is -2.23. The summed E-state index contributed by atoms with van der Waals surface area (Å²) in [4.78, 5) is 0. The largest absolute Gasteiger partial charge is 0.229 e. The third-order valence-electron chi connectivity index (χ3n) is 2.98. The molecule has 1 atom stereocenters. The van der Waals surface area contributed by atoms with E-state index in [4.69, 9.17) is 5.26 Å². The Morgan fingerprint density at radius 1 is 1.39 bits per heavy atom. The zero-order chi connectivity index (χ0) is 13.8. The van der Waals surface area contributed by atoms with Crippen LogP contribution in [0.25, 0.3) is 0 Å². The summed E-state index contributed by atoms with van der Waals surface area (Å²) in [5.41, 5.74) is 0. The minimum atomic E-state index is -3.60. The molecule has 1 N–H and O–H groups in total. The average molecular weight is 294 g/mol. The van der Waals surface area contributed by atoms with Gasteiger partial charge < -0.3 is 0 Å². The minimum absolute atomic E-state index is 0.0937. The van der Waals surface area contributed by atoms with Crippen LogP contribution >= 0.6 is 0 Å². The van der Waals surface area contributed by atoms with E-state index in [1.54, 1.807) is 0 Å². The molecule has 1 fully saturated rings. The third-order valence-corrected chi connectivity index (χ3v) is 6.66. The maximum atomic E-state index is 12.0. The van der Waals surface area contributed by atoms with Gasteiger partial charge in [-0.2, -0.15) is 9.98 Å². The number of nitrogens with one attached hydrogen (secondary N) is 1. The van der Waals surface area contributed by atoms with Gasteiger partial charge in [0.05, 0.1) is 22.8 Å². The number of sulfonamides is 1. The number of hydrogen-bond donors (Lipinski definition) is 1. The molecular formula is C10H18N2O4S2. The fourth-order valence-electron chi connectivity index (χ4n) is 1.91. The molecule has 0 saturated carbocycles. The number of sulfone groups is 1. The van der Waals surface area contributed by atoms with E-state index in [0.29, 0.717) is 12.8 Å². The SMILES string of the molecule is CCCC(C#N)NS(=O)(=O)C1CCS(=O)(=O)CC1. The van der Waals surface area contributed by atoms with E-state index in [1.165, 1.54) is 0 Å². The minimum Gasteiger partial charge on any atom is -0.229 e. The fraction of sp³-hybridized carbons (Fsp3) is 0.900. The summed E-state index contributed by atoms with van der Waals surface area (Å²) in [5, 5.41) is 8.13. The van der Waals surface area contributed by atoms with Crippen LogP contribution in [0.15, 0.2) is 0 Å². The van der Waals surface area contributed by atoms with Crippen molar-refractivity contribution in [1.29, 1.82) is 5.26 Å². The van der Waals surface area contributed by atoms with Crippen LogP contribution in [-0.2, 0) is 19.9 Å². The highest BCUT2D eigenvalue weighted by Crippen LogP contribution is 2.19. The first-order valence-electron chi connectivity index (χ1n) is 5.92. The van der Waals surface area contributed by atoms with E-state index in [0.717, 1.165) is 0 Å². The molecule has 0 spiro atoms. The van der Waals surface area contributed by atoms with Crippen LogP contribution in [0.1, 0.15) is 32.6 Å². The Bertz CT molecular complexity index is 505. The van der Waals surface area contributed by atoms with Gasteiger partial charge in [-0.1, -0.05) is 13.3 Å². The third kappa shape index (κ3) is 4.23. The molecule has 1 aliphatic rings. The molecule has 18 heavy (non-hydrogen) atoms. The second-order valence-electron chi connectivity index (χ2n) is 4.48. The first kappa shape index (κ1) is 15.4.